The second kappa shape index (κ2) is 20.1. The summed E-state index contributed by atoms with van der Waals surface area (Å²) in [5.41, 5.74) is 21.9. The van der Waals surface area contributed by atoms with Gasteiger partial charge in [-0.05, 0) is 56.7 Å². The molecule has 3 amide bonds. The number of anilines is 3. The fraction of sp³-hybridized carbons (Fsp3) is 0.279. The van der Waals surface area contributed by atoms with E-state index in [2.05, 4.69) is 30.8 Å². The molecule has 334 valence electrons. The number of nitrogens with two attached hydrogens (primary N) is 3. The zero-order valence-corrected chi connectivity index (χ0v) is 36.3. The first kappa shape index (κ1) is 45.3. The van der Waals surface area contributed by atoms with Gasteiger partial charge >= 0.3 is 0 Å². The number of primary amides is 2. The maximum atomic E-state index is 13.5. The average molecular weight is 875 g/mol. The third kappa shape index (κ3) is 10.1. The van der Waals surface area contributed by atoms with Crippen LogP contribution >= 0.6 is 0 Å². The average Bonchev–Trinajstić information content (AvgIpc) is 4.11. The lowest BCUT2D eigenvalue weighted by Crippen LogP contribution is -2.20. The summed E-state index contributed by atoms with van der Waals surface area (Å²) in [4.78, 5) is 61.5. The molecule has 2 aromatic carbocycles. The van der Waals surface area contributed by atoms with Gasteiger partial charge in [0.05, 0.1) is 48.0 Å². The highest BCUT2D eigenvalue weighted by molar-refractivity contribution is 6.04. The zero-order chi connectivity index (χ0) is 46.1. The summed E-state index contributed by atoms with van der Waals surface area (Å²) in [5.74, 6) is 0.772. The highest BCUT2D eigenvalue weighted by atomic mass is 16.5. The van der Waals surface area contributed by atoms with Crippen LogP contribution in [0.5, 0.6) is 11.5 Å². The van der Waals surface area contributed by atoms with Crippen LogP contribution in [0.15, 0.2) is 71.4 Å². The van der Waals surface area contributed by atoms with Crippen molar-refractivity contribution in [2.24, 2.45) is 11.5 Å². The van der Waals surface area contributed by atoms with Crippen LogP contribution in [0.2, 0.25) is 0 Å². The van der Waals surface area contributed by atoms with Crippen molar-refractivity contribution in [2.45, 2.75) is 60.3 Å². The third-order valence-electron chi connectivity index (χ3n) is 9.75. The third-order valence-corrected chi connectivity index (χ3v) is 9.75. The molecule has 0 atom stereocenters. The number of ether oxygens (including phenoxy) is 2. The molecular formula is C43H50N14O7. The summed E-state index contributed by atoms with van der Waals surface area (Å²) < 4.78 is 23.8. The summed E-state index contributed by atoms with van der Waals surface area (Å²) in [5, 5.41) is 14.6. The molecule has 5 heterocycles. The molecule has 64 heavy (non-hydrogen) atoms. The molecule has 0 spiro atoms. The molecule has 0 fully saturated rings. The van der Waals surface area contributed by atoms with Crippen molar-refractivity contribution < 1.29 is 33.1 Å². The summed E-state index contributed by atoms with van der Waals surface area (Å²) >= 11 is 0. The van der Waals surface area contributed by atoms with Crippen molar-refractivity contribution >= 4 is 63.7 Å². The van der Waals surface area contributed by atoms with E-state index >= 15 is 0 Å². The van der Waals surface area contributed by atoms with Crippen LogP contribution < -0.4 is 37.3 Å². The molecule has 5 aromatic heterocycles. The number of hydrogen-bond acceptors (Lipinski definition) is 14. The molecule has 0 bridgehead atoms. The van der Waals surface area contributed by atoms with E-state index in [1.165, 1.54) is 13.2 Å². The molecule has 0 unspecified atom stereocenters. The van der Waals surface area contributed by atoms with Crippen molar-refractivity contribution in [1.82, 2.24) is 43.6 Å². The summed E-state index contributed by atoms with van der Waals surface area (Å²) in [7, 11) is 3.22. The van der Waals surface area contributed by atoms with E-state index in [0.717, 1.165) is 12.1 Å². The maximum Gasteiger partial charge on any atom is 0.276 e. The van der Waals surface area contributed by atoms with E-state index in [4.69, 9.17) is 36.1 Å². The van der Waals surface area contributed by atoms with Gasteiger partial charge in [-0.15, -0.1) is 0 Å². The first-order valence-electron chi connectivity index (χ1n) is 20.2. The summed E-state index contributed by atoms with van der Waals surface area (Å²) in [6.07, 6.45) is 12.3. The second-order valence-corrected chi connectivity index (χ2v) is 14.2. The zero-order valence-electron chi connectivity index (χ0n) is 36.3. The molecule has 0 saturated carbocycles. The van der Waals surface area contributed by atoms with E-state index in [1.54, 1.807) is 64.6 Å². The SMILES string of the molecule is CCc1nc(C)oc1C=O.CCn1nc(C)cc1C(=O)Nc1nc2cc(C(N)=O)cc(OC)c2n1C/C=C/Cn1c(NC)nc2cc(C(N)=O)cc(OC/C=C/Cn3cc(N)cn3)c21. The van der Waals surface area contributed by atoms with E-state index in [0.29, 0.717) is 94.2 Å². The van der Waals surface area contributed by atoms with Gasteiger partial charge in [0.15, 0.2) is 17.9 Å². The number of carbonyl (C=O) groups excluding carboxylic acids is 4. The van der Waals surface area contributed by atoms with Crippen molar-refractivity contribution in [3.63, 3.8) is 0 Å². The molecule has 0 saturated heterocycles. The van der Waals surface area contributed by atoms with Gasteiger partial charge in [-0.2, -0.15) is 10.2 Å². The highest BCUT2D eigenvalue weighted by Crippen LogP contribution is 2.33. The number of fused-ring (bicyclic) bond motifs is 2. The van der Waals surface area contributed by atoms with E-state index in [9.17, 15) is 19.2 Å². The van der Waals surface area contributed by atoms with Gasteiger partial charge in [0.2, 0.25) is 23.7 Å². The lowest BCUT2D eigenvalue weighted by molar-refractivity contribution is 0.0991. The Morgan fingerprint density at radius 3 is 2.03 bits per heavy atom. The van der Waals surface area contributed by atoms with Crippen molar-refractivity contribution in [3.05, 3.63) is 107 Å². The van der Waals surface area contributed by atoms with E-state index < -0.39 is 17.7 Å². The Morgan fingerprint density at radius 1 is 0.844 bits per heavy atom. The Labute approximate surface area is 366 Å². The number of carbonyl (C=O) groups is 4. The number of aromatic nitrogens is 9. The molecule has 0 aliphatic heterocycles. The van der Waals surface area contributed by atoms with E-state index in [1.807, 2.05) is 49.6 Å². The van der Waals surface area contributed by atoms with Crippen molar-refractivity contribution in [1.29, 1.82) is 0 Å². The Morgan fingerprint density at radius 2 is 1.47 bits per heavy atom. The number of aryl methyl sites for hydroxylation is 4. The van der Waals surface area contributed by atoms with Gasteiger partial charge in [-0.25, -0.2) is 15.0 Å². The fourth-order valence-electron chi connectivity index (χ4n) is 6.85. The van der Waals surface area contributed by atoms with Gasteiger partial charge < -0.3 is 45.5 Å². The monoisotopic (exact) mass is 874 g/mol. The molecule has 8 N–H and O–H groups in total. The first-order valence-corrected chi connectivity index (χ1v) is 20.2. The number of hydrogen-bond donors (Lipinski definition) is 5. The Bertz CT molecular complexity index is 2890. The number of oxazole rings is 1. The number of allylic oxidation sites excluding steroid dienone is 3. The lowest BCUT2D eigenvalue weighted by atomic mass is 10.1. The molecule has 7 rings (SSSR count). The van der Waals surface area contributed by atoms with Gasteiger partial charge in [-0.3, -0.25) is 33.9 Å². The summed E-state index contributed by atoms with van der Waals surface area (Å²) in [6.45, 7) is 9.15. The minimum Gasteiger partial charge on any atom is -0.494 e. The topological polar surface area (TPSA) is 286 Å². The van der Waals surface area contributed by atoms with Crippen LogP contribution in [0, 0.1) is 13.8 Å². The van der Waals surface area contributed by atoms with E-state index in [-0.39, 0.29) is 30.2 Å². The normalized spacial score (nSPS) is 11.3. The van der Waals surface area contributed by atoms with Crippen LogP contribution in [0.1, 0.15) is 72.9 Å². The Hall–Kier alpha value is -8.23. The van der Waals surface area contributed by atoms with Crippen LogP contribution in [0.4, 0.5) is 17.6 Å². The quantitative estimate of drug-likeness (QED) is 0.0589. The Balaban J connectivity index is 0.000000600. The molecule has 7 aromatic rings. The minimum atomic E-state index is -0.646. The van der Waals surface area contributed by atoms with Gasteiger partial charge in [0, 0.05) is 50.9 Å². The molecular weight excluding hydrogens is 825 g/mol. The second-order valence-electron chi connectivity index (χ2n) is 14.2. The molecule has 21 heteroatoms. The van der Waals surface area contributed by atoms with Gasteiger partial charge in [-0.1, -0.05) is 25.2 Å². The molecule has 21 nitrogen and oxygen atoms in total. The van der Waals surface area contributed by atoms with Crippen LogP contribution in [0.25, 0.3) is 22.1 Å². The van der Waals surface area contributed by atoms with Crippen LogP contribution in [-0.2, 0) is 32.6 Å². The van der Waals surface area contributed by atoms with Crippen LogP contribution in [0.3, 0.4) is 0 Å². The standard InChI is InChI=1S/C36H41N13O5.C7H9NO2/c1-5-49-27(14-21(2)45-49)34(52)44-36-43-25-15-22(32(38)50)17-28(53-4)30(25)48(36)12-7-6-11-47-31-26(42-35(47)40-3)16-23(33(39)51)18-29(31)54-13-9-8-10-46-20-24(37)19-41-46;1-3-6-7(4-9)10-5(2)8-6/h6-9,14-20H,5,10-13,37H2,1-4H3,(H2,38,50)(H2,39,51)(H,40,42)(H,43,44,52);4H,3H2,1-2H3/b7-6+,9-8+;. The number of nitrogens with zero attached hydrogens (tertiary/aromatic N) is 9. The number of methoxy groups -OCH3 is 1. The number of nitrogen functional groups attached to an aromatic ring is 1. The summed E-state index contributed by atoms with van der Waals surface area (Å²) in [6, 6.07) is 8.01. The number of imidazole rings is 2. The number of benzene rings is 2. The Kier molecular flexibility index (Phi) is 14.2. The largest absolute Gasteiger partial charge is 0.494 e. The van der Waals surface area contributed by atoms with Crippen LogP contribution in [-0.4, -0.2) is 88.4 Å². The predicted octanol–water partition coefficient (Wildman–Crippen LogP) is 4.44. The predicted molar refractivity (Wildman–Crippen MR) is 240 cm³/mol. The van der Waals surface area contributed by atoms with Gasteiger partial charge in [0.1, 0.15) is 34.8 Å². The highest BCUT2D eigenvalue weighted by Gasteiger charge is 2.22. The molecule has 0 radical (unpaired) electrons. The number of amides is 3. The van der Waals surface area contributed by atoms with Crippen molar-refractivity contribution in [2.75, 3.05) is 37.1 Å². The number of nitrogens with one attached hydrogen (secondary N) is 2. The smallest absolute Gasteiger partial charge is 0.276 e. The molecule has 0 aliphatic rings. The number of rotatable bonds is 18. The van der Waals surface area contributed by atoms with Gasteiger partial charge in [0.25, 0.3) is 5.91 Å². The number of aldehydes is 1. The lowest BCUT2D eigenvalue weighted by Gasteiger charge is -2.12. The maximum absolute atomic E-state index is 13.5. The molecule has 0 aliphatic carbocycles. The van der Waals surface area contributed by atoms with Crippen molar-refractivity contribution in [3.8, 4) is 11.5 Å². The first-order chi connectivity index (χ1) is 30.8. The minimum absolute atomic E-state index is 0.198. The fourth-order valence-corrected chi connectivity index (χ4v) is 6.85.